The molecule has 0 radical (unpaired) electrons. The van der Waals surface area contributed by atoms with Gasteiger partial charge in [0.15, 0.2) is 0 Å². The standard InChI is InChI=1S/C10H11FO4/c1-13-6-4-7(11)9(10(12)15-3)8(5-6)14-2/h4-5H,1-3H3. The van der Waals surface area contributed by atoms with Crippen molar-refractivity contribution in [3.8, 4) is 11.5 Å². The maximum absolute atomic E-state index is 13.5. The molecular formula is C10H11FO4. The molecule has 0 aliphatic carbocycles. The van der Waals surface area contributed by atoms with Crippen molar-refractivity contribution in [2.75, 3.05) is 21.3 Å². The van der Waals surface area contributed by atoms with Crippen LogP contribution in [0.4, 0.5) is 4.39 Å². The molecule has 0 atom stereocenters. The van der Waals surface area contributed by atoms with Gasteiger partial charge in [-0.25, -0.2) is 9.18 Å². The van der Waals surface area contributed by atoms with Crippen molar-refractivity contribution >= 4 is 5.97 Å². The van der Waals surface area contributed by atoms with Crippen molar-refractivity contribution in [2.45, 2.75) is 0 Å². The Kier molecular flexibility index (Phi) is 3.49. The third-order valence-corrected chi connectivity index (χ3v) is 1.87. The molecule has 0 aliphatic heterocycles. The van der Waals surface area contributed by atoms with E-state index in [1.807, 2.05) is 0 Å². The Bertz CT molecular complexity index is 376. The summed E-state index contributed by atoms with van der Waals surface area (Å²) < 4.78 is 27.6. The molecule has 4 nitrogen and oxygen atoms in total. The van der Waals surface area contributed by atoms with Gasteiger partial charge in [-0.2, -0.15) is 0 Å². The minimum atomic E-state index is -0.785. The van der Waals surface area contributed by atoms with E-state index in [1.165, 1.54) is 27.4 Å². The monoisotopic (exact) mass is 214 g/mol. The number of methoxy groups -OCH3 is 3. The van der Waals surface area contributed by atoms with Crippen LogP contribution in [-0.4, -0.2) is 27.3 Å². The first-order valence-electron chi connectivity index (χ1n) is 4.13. The highest BCUT2D eigenvalue weighted by Crippen LogP contribution is 2.28. The third-order valence-electron chi connectivity index (χ3n) is 1.87. The van der Waals surface area contributed by atoms with E-state index in [0.29, 0.717) is 0 Å². The first-order chi connectivity index (χ1) is 7.13. The number of carbonyl (C=O) groups excluding carboxylic acids is 1. The van der Waals surface area contributed by atoms with E-state index in [9.17, 15) is 9.18 Å². The molecule has 0 spiro atoms. The molecule has 1 aromatic carbocycles. The lowest BCUT2D eigenvalue weighted by molar-refractivity contribution is 0.0591. The normalized spacial score (nSPS) is 9.60. The number of hydrogen-bond donors (Lipinski definition) is 0. The Morgan fingerprint density at radius 1 is 1.20 bits per heavy atom. The third kappa shape index (κ3) is 2.18. The van der Waals surface area contributed by atoms with E-state index in [4.69, 9.17) is 9.47 Å². The molecule has 0 N–H and O–H groups in total. The van der Waals surface area contributed by atoms with Gasteiger partial charge in [0.05, 0.1) is 21.3 Å². The first kappa shape index (κ1) is 11.3. The van der Waals surface area contributed by atoms with Crippen molar-refractivity contribution in [3.05, 3.63) is 23.5 Å². The van der Waals surface area contributed by atoms with Crippen molar-refractivity contribution in [3.63, 3.8) is 0 Å². The predicted molar refractivity (Wildman–Crippen MR) is 50.8 cm³/mol. The van der Waals surface area contributed by atoms with E-state index in [1.54, 1.807) is 0 Å². The van der Waals surface area contributed by atoms with Crippen LogP contribution >= 0.6 is 0 Å². The van der Waals surface area contributed by atoms with Gasteiger partial charge in [0.25, 0.3) is 0 Å². The molecule has 0 aliphatic rings. The molecule has 0 unspecified atom stereocenters. The number of esters is 1. The molecule has 1 aromatic rings. The fraction of sp³-hybridized carbons (Fsp3) is 0.300. The van der Waals surface area contributed by atoms with Crippen LogP contribution < -0.4 is 9.47 Å². The fourth-order valence-corrected chi connectivity index (χ4v) is 1.14. The van der Waals surface area contributed by atoms with Gasteiger partial charge >= 0.3 is 5.97 Å². The minimum Gasteiger partial charge on any atom is -0.497 e. The summed E-state index contributed by atoms with van der Waals surface area (Å²) in [6.07, 6.45) is 0. The van der Waals surface area contributed by atoms with Crippen molar-refractivity contribution in [1.82, 2.24) is 0 Å². The molecule has 15 heavy (non-hydrogen) atoms. The Balaban J connectivity index is 3.30. The van der Waals surface area contributed by atoms with Gasteiger partial charge < -0.3 is 14.2 Å². The molecule has 1 rings (SSSR count). The van der Waals surface area contributed by atoms with E-state index in [0.717, 1.165) is 6.07 Å². The zero-order chi connectivity index (χ0) is 11.4. The zero-order valence-electron chi connectivity index (χ0n) is 8.67. The molecule has 0 saturated heterocycles. The van der Waals surface area contributed by atoms with Crippen LogP contribution in [0.1, 0.15) is 10.4 Å². The average molecular weight is 214 g/mol. The number of benzene rings is 1. The van der Waals surface area contributed by atoms with Gasteiger partial charge in [0.2, 0.25) is 0 Å². The van der Waals surface area contributed by atoms with Gasteiger partial charge in [-0.1, -0.05) is 0 Å². The van der Waals surface area contributed by atoms with Crippen LogP contribution in [0, 0.1) is 5.82 Å². The summed E-state index contributed by atoms with van der Waals surface area (Å²) >= 11 is 0. The lowest BCUT2D eigenvalue weighted by atomic mass is 10.2. The van der Waals surface area contributed by atoms with Crippen LogP contribution in [0.5, 0.6) is 11.5 Å². The second-order valence-electron chi connectivity index (χ2n) is 2.68. The maximum Gasteiger partial charge on any atom is 0.344 e. The van der Waals surface area contributed by atoms with Gasteiger partial charge in [0.1, 0.15) is 22.9 Å². The van der Waals surface area contributed by atoms with Gasteiger partial charge in [-0.05, 0) is 0 Å². The van der Waals surface area contributed by atoms with E-state index in [2.05, 4.69) is 4.74 Å². The minimum absolute atomic E-state index is 0.0821. The fourth-order valence-electron chi connectivity index (χ4n) is 1.14. The summed E-state index contributed by atoms with van der Waals surface area (Å²) in [5.41, 5.74) is -0.235. The zero-order valence-corrected chi connectivity index (χ0v) is 8.67. The highest BCUT2D eigenvalue weighted by Gasteiger charge is 2.19. The van der Waals surface area contributed by atoms with Gasteiger partial charge in [0, 0.05) is 12.1 Å². The lowest BCUT2D eigenvalue weighted by Gasteiger charge is -2.09. The molecule has 0 heterocycles. The Labute approximate surface area is 86.6 Å². The Morgan fingerprint density at radius 2 is 1.87 bits per heavy atom. The van der Waals surface area contributed by atoms with E-state index < -0.39 is 11.8 Å². The SMILES string of the molecule is COC(=O)c1c(F)cc(OC)cc1OC. The number of rotatable bonds is 3. The molecule has 5 heteroatoms. The molecule has 0 amide bonds. The summed E-state index contributed by atoms with van der Waals surface area (Å²) in [5.74, 6) is -1.17. The largest absolute Gasteiger partial charge is 0.497 e. The van der Waals surface area contributed by atoms with Crippen LogP contribution in [-0.2, 0) is 4.74 Å². The summed E-state index contributed by atoms with van der Waals surface area (Å²) in [5, 5.41) is 0. The van der Waals surface area contributed by atoms with E-state index in [-0.39, 0.29) is 17.1 Å². The Hall–Kier alpha value is -1.78. The highest BCUT2D eigenvalue weighted by molar-refractivity contribution is 5.93. The van der Waals surface area contributed by atoms with E-state index >= 15 is 0 Å². The molecular weight excluding hydrogens is 203 g/mol. The molecule has 0 aromatic heterocycles. The lowest BCUT2D eigenvalue weighted by Crippen LogP contribution is -2.07. The maximum atomic E-state index is 13.5. The van der Waals surface area contributed by atoms with Crippen molar-refractivity contribution < 1.29 is 23.4 Å². The number of ether oxygens (including phenoxy) is 3. The van der Waals surface area contributed by atoms with Crippen LogP contribution in [0.25, 0.3) is 0 Å². The predicted octanol–water partition coefficient (Wildman–Crippen LogP) is 1.63. The summed E-state index contributed by atoms with van der Waals surface area (Å²) in [6, 6.07) is 2.50. The topological polar surface area (TPSA) is 44.8 Å². The highest BCUT2D eigenvalue weighted by atomic mass is 19.1. The summed E-state index contributed by atoms with van der Waals surface area (Å²) in [6.45, 7) is 0. The second-order valence-corrected chi connectivity index (χ2v) is 2.68. The molecule has 0 saturated carbocycles. The van der Waals surface area contributed by atoms with Crippen molar-refractivity contribution in [2.24, 2.45) is 0 Å². The molecule has 82 valence electrons. The molecule has 0 fully saturated rings. The van der Waals surface area contributed by atoms with Gasteiger partial charge in [-0.15, -0.1) is 0 Å². The van der Waals surface area contributed by atoms with Gasteiger partial charge in [-0.3, -0.25) is 0 Å². The summed E-state index contributed by atoms with van der Waals surface area (Å²) in [4.78, 5) is 11.2. The quantitative estimate of drug-likeness (QED) is 0.717. The molecule has 0 bridgehead atoms. The first-order valence-corrected chi connectivity index (χ1v) is 4.13. The van der Waals surface area contributed by atoms with Crippen LogP contribution in [0.2, 0.25) is 0 Å². The van der Waals surface area contributed by atoms with Crippen molar-refractivity contribution in [1.29, 1.82) is 0 Å². The van der Waals surface area contributed by atoms with Crippen LogP contribution in [0.15, 0.2) is 12.1 Å². The number of hydrogen-bond acceptors (Lipinski definition) is 4. The Morgan fingerprint density at radius 3 is 2.33 bits per heavy atom. The second kappa shape index (κ2) is 4.63. The smallest absolute Gasteiger partial charge is 0.344 e. The average Bonchev–Trinajstić information content (AvgIpc) is 2.26. The van der Waals surface area contributed by atoms with Crippen LogP contribution in [0.3, 0.4) is 0 Å². The summed E-state index contributed by atoms with van der Waals surface area (Å²) in [7, 11) is 3.90. The number of halogens is 1. The number of carbonyl (C=O) groups is 1.